The third kappa shape index (κ3) is 3.76. The Morgan fingerprint density at radius 3 is 2.38 bits per heavy atom. The van der Waals surface area contributed by atoms with Crippen LogP contribution in [0.25, 0.3) is 0 Å². The summed E-state index contributed by atoms with van der Waals surface area (Å²) in [6, 6.07) is 7.83. The average molecular weight is 338 g/mol. The fraction of sp³-hybridized carbons (Fsp3) is 0.375. The summed E-state index contributed by atoms with van der Waals surface area (Å²) in [7, 11) is 0. The minimum absolute atomic E-state index is 0.0264. The molecule has 8 heteroatoms. The molecule has 0 unspecified atom stereocenters. The number of amides is 1. The Balaban J connectivity index is 1.66. The molecule has 2 heterocycles. The Kier molecular flexibility index (Phi) is 4.57. The van der Waals surface area contributed by atoms with Gasteiger partial charge >= 0.3 is 6.18 Å². The molecule has 1 saturated heterocycles. The Labute approximate surface area is 137 Å². The highest BCUT2D eigenvalue weighted by atomic mass is 19.4. The van der Waals surface area contributed by atoms with Crippen LogP contribution in [0.15, 0.2) is 36.5 Å². The topological polar surface area (TPSA) is 50.2 Å². The molecule has 1 aromatic carbocycles. The highest BCUT2D eigenvalue weighted by Crippen LogP contribution is 2.27. The quantitative estimate of drug-likeness (QED) is 0.931. The number of nitrogens with one attached hydrogen (secondary N) is 1. The van der Waals surface area contributed by atoms with Crippen LogP contribution >= 0.6 is 0 Å². The van der Waals surface area contributed by atoms with Crippen molar-refractivity contribution in [1.29, 1.82) is 0 Å². The maximum absolute atomic E-state index is 12.5. The average Bonchev–Trinajstić information content (AvgIpc) is 3.05. The van der Waals surface area contributed by atoms with Gasteiger partial charge in [-0.2, -0.15) is 18.3 Å². The first-order chi connectivity index (χ1) is 11.4. The molecule has 0 bridgehead atoms. The SMILES string of the molecule is O=C(c1ccc(Cn2ccc(C(F)(F)F)n2)cc1)N1CCNCC1. The number of hydrogen-bond donors (Lipinski definition) is 1. The van der Waals surface area contributed by atoms with Crippen molar-refractivity contribution in [2.75, 3.05) is 26.2 Å². The van der Waals surface area contributed by atoms with Crippen molar-refractivity contribution >= 4 is 5.91 Å². The molecule has 0 aliphatic carbocycles. The zero-order chi connectivity index (χ0) is 17.2. The molecule has 0 spiro atoms. The summed E-state index contributed by atoms with van der Waals surface area (Å²) in [5.41, 5.74) is 0.453. The lowest BCUT2D eigenvalue weighted by molar-refractivity contribution is -0.141. The third-order valence-electron chi connectivity index (χ3n) is 3.88. The Hall–Kier alpha value is -2.35. The van der Waals surface area contributed by atoms with E-state index in [2.05, 4.69) is 10.4 Å². The summed E-state index contributed by atoms with van der Waals surface area (Å²) in [6.07, 6.45) is -3.15. The lowest BCUT2D eigenvalue weighted by Gasteiger charge is -2.27. The molecule has 2 aromatic rings. The van der Waals surface area contributed by atoms with E-state index in [-0.39, 0.29) is 12.5 Å². The van der Waals surface area contributed by atoms with E-state index in [0.29, 0.717) is 18.7 Å². The Morgan fingerprint density at radius 2 is 1.79 bits per heavy atom. The highest BCUT2D eigenvalue weighted by molar-refractivity contribution is 5.94. The Bertz CT molecular complexity index is 703. The molecule has 1 aliphatic heterocycles. The van der Waals surface area contributed by atoms with Gasteiger partial charge in [-0.05, 0) is 23.8 Å². The second-order valence-corrected chi connectivity index (χ2v) is 5.64. The van der Waals surface area contributed by atoms with E-state index in [4.69, 9.17) is 0 Å². The second kappa shape index (κ2) is 6.64. The summed E-state index contributed by atoms with van der Waals surface area (Å²) in [6.45, 7) is 3.13. The third-order valence-corrected chi connectivity index (χ3v) is 3.88. The van der Waals surface area contributed by atoms with Gasteiger partial charge in [-0.1, -0.05) is 12.1 Å². The lowest BCUT2D eigenvalue weighted by Crippen LogP contribution is -2.46. The number of benzene rings is 1. The minimum Gasteiger partial charge on any atom is -0.336 e. The zero-order valence-electron chi connectivity index (χ0n) is 12.9. The van der Waals surface area contributed by atoms with E-state index < -0.39 is 11.9 Å². The summed E-state index contributed by atoms with van der Waals surface area (Å²) in [5.74, 6) is -0.0264. The molecule has 5 nitrogen and oxygen atoms in total. The minimum atomic E-state index is -4.44. The molecule has 24 heavy (non-hydrogen) atoms. The van der Waals surface area contributed by atoms with Crippen molar-refractivity contribution in [3.8, 4) is 0 Å². The number of aromatic nitrogens is 2. The fourth-order valence-electron chi connectivity index (χ4n) is 2.59. The van der Waals surface area contributed by atoms with Crippen molar-refractivity contribution in [3.05, 3.63) is 53.3 Å². The van der Waals surface area contributed by atoms with Crippen molar-refractivity contribution in [3.63, 3.8) is 0 Å². The van der Waals surface area contributed by atoms with E-state index in [1.54, 1.807) is 29.2 Å². The summed E-state index contributed by atoms with van der Waals surface area (Å²) < 4.78 is 38.8. The standard InChI is InChI=1S/C16H17F3N4O/c17-16(18,19)14-5-8-23(21-14)11-12-1-3-13(4-2-12)15(24)22-9-6-20-7-10-22/h1-5,8,20H,6-7,9-11H2. The number of alkyl halides is 3. The molecule has 3 rings (SSSR count). The summed E-state index contributed by atoms with van der Waals surface area (Å²) in [4.78, 5) is 14.1. The first-order valence-electron chi connectivity index (χ1n) is 7.63. The fourth-order valence-corrected chi connectivity index (χ4v) is 2.59. The van der Waals surface area contributed by atoms with Crippen LogP contribution in [0.3, 0.4) is 0 Å². The maximum atomic E-state index is 12.5. The van der Waals surface area contributed by atoms with Gasteiger partial charge in [0.25, 0.3) is 5.91 Å². The number of carbonyl (C=O) groups excluding carboxylic acids is 1. The van der Waals surface area contributed by atoms with E-state index >= 15 is 0 Å². The molecule has 1 amide bonds. The van der Waals surface area contributed by atoms with Crippen LogP contribution in [0, 0.1) is 0 Å². The monoisotopic (exact) mass is 338 g/mol. The van der Waals surface area contributed by atoms with E-state index in [9.17, 15) is 18.0 Å². The Morgan fingerprint density at radius 1 is 1.12 bits per heavy atom. The predicted molar refractivity (Wildman–Crippen MR) is 81.5 cm³/mol. The van der Waals surface area contributed by atoms with E-state index in [1.807, 2.05) is 0 Å². The van der Waals surface area contributed by atoms with Gasteiger partial charge < -0.3 is 10.2 Å². The molecule has 1 N–H and O–H groups in total. The first kappa shape index (κ1) is 16.5. The van der Waals surface area contributed by atoms with Crippen LogP contribution < -0.4 is 5.32 Å². The zero-order valence-corrected chi connectivity index (χ0v) is 12.9. The molecular weight excluding hydrogens is 321 g/mol. The number of rotatable bonds is 3. The smallest absolute Gasteiger partial charge is 0.336 e. The molecule has 128 valence electrons. The largest absolute Gasteiger partial charge is 0.435 e. The van der Waals surface area contributed by atoms with Gasteiger partial charge in [-0.25, -0.2) is 0 Å². The summed E-state index contributed by atoms with van der Waals surface area (Å²) in [5, 5.41) is 6.70. The van der Waals surface area contributed by atoms with Gasteiger partial charge in [-0.3, -0.25) is 9.48 Å². The van der Waals surface area contributed by atoms with Gasteiger partial charge in [0.15, 0.2) is 5.69 Å². The summed E-state index contributed by atoms with van der Waals surface area (Å²) >= 11 is 0. The molecule has 0 saturated carbocycles. The molecule has 1 aromatic heterocycles. The molecule has 0 radical (unpaired) electrons. The van der Waals surface area contributed by atoms with E-state index in [0.717, 1.165) is 24.7 Å². The van der Waals surface area contributed by atoms with Crippen molar-refractivity contribution in [1.82, 2.24) is 20.0 Å². The number of piperazine rings is 1. The predicted octanol–water partition coefficient (Wildman–Crippen LogP) is 2.00. The van der Waals surface area contributed by atoms with Crippen molar-refractivity contribution in [2.45, 2.75) is 12.7 Å². The van der Waals surface area contributed by atoms with Gasteiger partial charge in [-0.15, -0.1) is 0 Å². The number of carbonyl (C=O) groups is 1. The number of halogens is 3. The van der Waals surface area contributed by atoms with Crippen LogP contribution in [-0.2, 0) is 12.7 Å². The number of nitrogens with zero attached hydrogens (tertiary/aromatic N) is 3. The van der Waals surface area contributed by atoms with Gasteiger partial charge in [0.1, 0.15) is 0 Å². The van der Waals surface area contributed by atoms with Gasteiger partial charge in [0, 0.05) is 37.9 Å². The van der Waals surface area contributed by atoms with Crippen LogP contribution in [0.1, 0.15) is 21.6 Å². The molecule has 1 fully saturated rings. The van der Waals surface area contributed by atoms with Gasteiger partial charge in [0.05, 0.1) is 6.54 Å². The van der Waals surface area contributed by atoms with E-state index in [1.165, 1.54) is 10.9 Å². The van der Waals surface area contributed by atoms with Gasteiger partial charge in [0.2, 0.25) is 0 Å². The number of hydrogen-bond acceptors (Lipinski definition) is 3. The van der Waals surface area contributed by atoms with Crippen molar-refractivity contribution < 1.29 is 18.0 Å². The normalized spacial score (nSPS) is 15.5. The molecular formula is C16H17F3N4O. The highest BCUT2D eigenvalue weighted by Gasteiger charge is 2.33. The van der Waals surface area contributed by atoms with Crippen molar-refractivity contribution in [2.24, 2.45) is 0 Å². The van der Waals surface area contributed by atoms with Crippen LogP contribution in [0.5, 0.6) is 0 Å². The molecule has 1 aliphatic rings. The lowest BCUT2D eigenvalue weighted by atomic mass is 10.1. The molecule has 0 atom stereocenters. The van der Waals surface area contributed by atoms with Crippen LogP contribution in [0.4, 0.5) is 13.2 Å². The van der Waals surface area contributed by atoms with Crippen LogP contribution in [0.2, 0.25) is 0 Å². The first-order valence-corrected chi connectivity index (χ1v) is 7.63. The second-order valence-electron chi connectivity index (χ2n) is 5.64. The maximum Gasteiger partial charge on any atom is 0.435 e. The van der Waals surface area contributed by atoms with Crippen LogP contribution in [-0.4, -0.2) is 46.8 Å².